The lowest BCUT2D eigenvalue weighted by Gasteiger charge is -2.21. The number of halogens is 4. The molecule has 0 saturated heterocycles. The summed E-state index contributed by atoms with van der Waals surface area (Å²) < 4.78 is 32.5. The summed E-state index contributed by atoms with van der Waals surface area (Å²) in [4.78, 5) is 29.3. The number of primary amides is 1. The Hall–Kier alpha value is -3.55. The topological polar surface area (TPSA) is 130 Å². The van der Waals surface area contributed by atoms with E-state index in [0.717, 1.165) is 10.0 Å². The second-order valence-corrected chi connectivity index (χ2v) is 11.5. The number of benzene rings is 2. The number of hydrogen-bond donors (Lipinski definition) is 5. The van der Waals surface area contributed by atoms with Crippen LogP contribution in [0, 0.1) is 5.41 Å². The minimum absolute atomic E-state index is 0.00781. The Kier molecular flexibility index (Phi) is 11.4. The summed E-state index contributed by atoms with van der Waals surface area (Å²) in [7, 11) is 1.59. The molecule has 224 valence electrons. The molecular formula is C28H30BrClF2N6O3S. The number of nitrogens with one attached hydrogen (secondary N) is 4. The van der Waals surface area contributed by atoms with Gasteiger partial charge in [0.1, 0.15) is 12.4 Å². The third-order valence-corrected chi connectivity index (χ3v) is 7.21. The summed E-state index contributed by atoms with van der Waals surface area (Å²) in [6, 6.07) is 13.5. The molecule has 0 aliphatic rings. The highest BCUT2D eigenvalue weighted by Crippen LogP contribution is 2.32. The van der Waals surface area contributed by atoms with E-state index in [9.17, 15) is 18.4 Å². The molecule has 9 nitrogen and oxygen atoms in total. The first kappa shape index (κ1) is 33.0. The van der Waals surface area contributed by atoms with E-state index in [0.29, 0.717) is 29.2 Å². The summed E-state index contributed by atoms with van der Waals surface area (Å²) in [5.41, 5.74) is 6.55. The molecule has 0 bridgehead atoms. The second kappa shape index (κ2) is 14.6. The number of rotatable bonds is 12. The molecule has 2 amide bonds. The third-order valence-electron chi connectivity index (χ3n) is 6.15. The molecule has 6 N–H and O–H groups in total. The van der Waals surface area contributed by atoms with Crippen LogP contribution < -0.4 is 31.7 Å². The van der Waals surface area contributed by atoms with Crippen molar-refractivity contribution in [2.24, 2.45) is 11.1 Å². The number of nitrogens with zero attached hydrogens (tertiary/aromatic N) is 1. The SMILES string of the molecule is CNc1cc(C(=O)Nc2ccc(Br)cc2)c(OCC(F)F)c(NC(=S)Nc2cc(CCC(C)(C)C(N)=O)ccc2Cl)n1. The summed E-state index contributed by atoms with van der Waals surface area (Å²) in [6.07, 6.45) is -1.74. The van der Waals surface area contributed by atoms with Gasteiger partial charge in [0.2, 0.25) is 5.91 Å². The molecule has 0 fully saturated rings. The van der Waals surface area contributed by atoms with Gasteiger partial charge in [-0.2, -0.15) is 0 Å². The van der Waals surface area contributed by atoms with Crippen LogP contribution in [0.25, 0.3) is 0 Å². The number of ether oxygens (including phenoxy) is 1. The highest BCUT2D eigenvalue weighted by atomic mass is 79.9. The maximum Gasteiger partial charge on any atom is 0.272 e. The van der Waals surface area contributed by atoms with Gasteiger partial charge in [-0.3, -0.25) is 9.59 Å². The molecule has 1 aromatic heterocycles. The Balaban J connectivity index is 1.88. The molecule has 0 spiro atoms. The van der Waals surface area contributed by atoms with Gasteiger partial charge in [0.15, 0.2) is 16.7 Å². The molecule has 0 aliphatic carbocycles. The lowest BCUT2D eigenvalue weighted by molar-refractivity contribution is -0.126. The van der Waals surface area contributed by atoms with E-state index in [-0.39, 0.29) is 28.1 Å². The predicted octanol–water partition coefficient (Wildman–Crippen LogP) is 6.69. The fraction of sp³-hybridized carbons (Fsp3) is 0.286. The van der Waals surface area contributed by atoms with Crippen LogP contribution in [0.3, 0.4) is 0 Å². The molecule has 0 radical (unpaired) electrons. The molecule has 2 aromatic carbocycles. The molecule has 0 aliphatic heterocycles. The number of hydrogen-bond acceptors (Lipinski definition) is 6. The second-order valence-electron chi connectivity index (χ2n) is 9.79. The molecule has 14 heteroatoms. The maximum atomic E-state index is 13.2. The first-order valence-corrected chi connectivity index (χ1v) is 14.2. The summed E-state index contributed by atoms with van der Waals surface area (Å²) in [5.74, 6) is -1.05. The van der Waals surface area contributed by atoms with Gasteiger partial charge in [-0.05, 0) is 73.1 Å². The zero-order chi connectivity index (χ0) is 31.0. The number of aryl methyl sites for hydroxylation is 1. The van der Waals surface area contributed by atoms with Crippen molar-refractivity contribution in [2.75, 3.05) is 34.9 Å². The van der Waals surface area contributed by atoms with Crippen molar-refractivity contribution in [1.82, 2.24) is 4.98 Å². The maximum absolute atomic E-state index is 13.2. The Morgan fingerprint density at radius 3 is 2.43 bits per heavy atom. The molecule has 3 aromatic rings. The first-order chi connectivity index (χ1) is 19.8. The lowest BCUT2D eigenvalue weighted by Crippen LogP contribution is -2.31. The van der Waals surface area contributed by atoms with Gasteiger partial charge >= 0.3 is 0 Å². The zero-order valence-corrected chi connectivity index (χ0v) is 26.1. The van der Waals surface area contributed by atoms with Crippen molar-refractivity contribution >= 4 is 79.7 Å². The third kappa shape index (κ3) is 9.23. The van der Waals surface area contributed by atoms with E-state index < -0.39 is 30.3 Å². The standard InChI is InChI=1S/C28H30BrClF2N6O3S/c1-28(2,26(33)40)11-10-15-4-9-19(30)20(12-15)36-27(42)38-24-23(41-14-21(31)32)18(13-22(34-3)37-24)25(39)35-17-7-5-16(29)6-8-17/h4-9,12-13,21H,10-11,14H2,1-3H3,(H2,33,40)(H,35,39)(H3,34,36,37,38,42). The van der Waals surface area contributed by atoms with Crippen LogP contribution in [0.2, 0.25) is 5.02 Å². The molecule has 42 heavy (non-hydrogen) atoms. The number of alkyl halides is 2. The largest absolute Gasteiger partial charge is 0.483 e. The van der Waals surface area contributed by atoms with E-state index in [4.69, 9.17) is 34.3 Å². The van der Waals surface area contributed by atoms with Crippen molar-refractivity contribution in [3.8, 4) is 5.75 Å². The zero-order valence-electron chi connectivity index (χ0n) is 23.0. The average molecular weight is 684 g/mol. The Morgan fingerprint density at radius 2 is 1.81 bits per heavy atom. The molecule has 0 unspecified atom stereocenters. The normalized spacial score (nSPS) is 11.1. The minimum Gasteiger partial charge on any atom is -0.483 e. The van der Waals surface area contributed by atoms with Crippen molar-refractivity contribution in [2.45, 2.75) is 33.1 Å². The van der Waals surface area contributed by atoms with E-state index in [1.807, 2.05) is 6.07 Å². The van der Waals surface area contributed by atoms with Crippen LogP contribution in [0.1, 0.15) is 36.2 Å². The van der Waals surface area contributed by atoms with E-state index >= 15 is 0 Å². The van der Waals surface area contributed by atoms with E-state index in [2.05, 4.69) is 42.2 Å². The fourth-order valence-electron chi connectivity index (χ4n) is 3.60. The average Bonchev–Trinajstić information content (AvgIpc) is 2.93. The Labute approximate surface area is 261 Å². The number of pyridine rings is 1. The number of carbonyl (C=O) groups excluding carboxylic acids is 2. The Morgan fingerprint density at radius 1 is 1.12 bits per heavy atom. The summed E-state index contributed by atoms with van der Waals surface area (Å²) in [5, 5.41) is 11.7. The lowest BCUT2D eigenvalue weighted by atomic mass is 9.85. The summed E-state index contributed by atoms with van der Waals surface area (Å²) >= 11 is 15.2. The smallest absolute Gasteiger partial charge is 0.272 e. The highest BCUT2D eigenvalue weighted by molar-refractivity contribution is 9.10. The Bertz CT molecular complexity index is 1460. The predicted molar refractivity (Wildman–Crippen MR) is 170 cm³/mol. The monoisotopic (exact) mass is 682 g/mol. The van der Waals surface area contributed by atoms with E-state index in [1.165, 1.54) is 6.07 Å². The van der Waals surface area contributed by atoms with Gasteiger partial charge < -0.3 is 31.7 Å². The van der Waals surface area contributed by atoms with Gasteiger partial charge in [0.05, 0.1) is 16.3 Å². The van der Waals surface area contributed by atoms with Crippen LogP contribution in [0.4, 0.5) is 31.8 Å². The number of amides is 2. The number of aromatic nitrogens is 1. The van der Waals surface area contributed by atoms with Gasteiger partial charge in [-0.25, -0.2) is 13.8 Å². The molecule has 1 heterocycles. The number of nitrogens with two attached hydrogens (primary N) is 1. The fourth-order valence-corrected chi connectivity index (χ4v) is 4.24. The minimum atomic E-state index is -2.81. The molecule has 0 atom stereocenters. The van der Waals surface area contributed by atoms with Crippen LogP contribution in [-0.4, -0.2) is 42.0 Å². The number of anilines is 4. The van der Waals surface area contributed by atoms with Crippen molar-refractivity contribution in [1.29, 1.82) is 0 Å². The number of thiocarbonyl (C=S) groups is 1. The first-order valence-electron chi connectivity index (χ1n) is 12.7. The van der Waals surface area contributed by atoms with Gasteiger partial charge in [-0.15, -0.1) is 0 Å². The van der Waals surface area contributed by atoms with E-state index in [1.54, 1.807) is 57.3 Å². The quantitative estimate of drug-likeness (QED) is 0.134. The van der Waals surface area contributed by atoms with Gasteiger partial charge in [-0.1, -0.05) is 47.4 Å². The van der Waals surface area contributed by atoms with Crippen molar-refractivity contribution in [3.63, 3.8) is 0 Å². The van der Waals surface area contributed by atoms with Crippen LogP contribution in [0.15, 0.2) is 53.0 Å². The van der Waals surface area contributed by atoms with Gasteiger partial charge in [0.25, 0.3) is 12.3 Å². The molecular weight excluding hydrogens is 654 g/mol. The van der Waals surface area contributed by atoms with Crippen molar-refractivity contribution < 1.29 is 23.1 Å². The van der Waals surface area contributed by atoms with Crippen LogP contribution >= 0.6 is 39.7 Å². The van der Waals surface area contributed by atoms with Gasteiger partial charge in [0, 0.05) is 22.6 Å². The number of carbonyl (C=O) groups is 2. The van der Waals surface area contributed by atoms with Crippen molar-refractivity contribution in [3.05, 3.63) is 69.2 Å². The van der Waals surface area contributed by atoms with Crippen LogP contribution in [0.5, 0.6) is 5.75 Å². The molecule has 3 rings (SSSR count). The van der Waals surface area contributed by atoms with Crippen LogP contribution in [-0.2, 0) is 11.2 Å². The highest BCUT2D eigenvalue weighted by Gasteiger charge is 2.25. The molecule has 0 saturated carbocycles. The summed E-state index contributed by atoms with van der Waals surface area (Å²) in [6.45, 7) is 2.57.